The Morgan fingerprint density at radius 3 is 1.50 bits per heavy atom. The maximum Gasteiger partial charge on any atom is -0.0471 e. The van der Waals surface area contributed by atoms with Gasteiger partial charge in [0.2, 0.25) is 0 Å². The van der Waals surface area contributed by atoms with Gasteiger partial charge in [0, 0.05) is 0 Å². The van der Waals surface area contributed by atoms with Crippen LogP contribution in [0.15, 0.2) is 0 Å². The lowest BCUT2D eigenvalue weighted by Gasteiger charge is -1.98. The van der Waals surface area contributed by atoms with Crippen molar-refractivity contribution < 1.29 is 0 Å². The van der Waals surface area contributed by atoms with Gasteiger partial charge in [-0.25, -0.2) is 0 Å². The normalized spacial score (nSPS) is 7.20. The number of rotatable bonds is 3. The molecule has 0 aromatic heterocycles. The van der Waals surface area contributed by atoms with Crippen LogP contribution in [-0.4, -0.2) is 0 Å². The molecule has 0 spiro atoms. The van der Waals surface area contributed by atoms with Crippen LogP contribution in [0.4, 0.5) is 0 Å². The van der Waals surface area contributed by atoms with Gasteiger partial charge in [-0.1, -0.05) is 62.3 Å². The zero-order valence-corrected chi connectivity index (χ0v) is 5.70. The summed E-state index contributed by atoms with van der Waals surface area (Å²) in [6, 6.07) is 0. The van der Waals surface area contributed by atoms with Crippen molar-refractivity contribution in [2.75, 3.05) is 0 Å². The molecule has 10 heavy (non-hydrogen) atoms. The van der Waals surface area contributed by atoms with Gasteiger partial charge in [-0.15, -0.1) is 0 Å². The van der Waals surface area contributed by atoms with Gasteiger partial charge in [0.15, 0.2) is 0 Å². The van der Waals surface area contributed by atoms with Gasteiger partial charge in [-0.3, -0.25) is 0 Å². The fourth-order valence-electron chi connectivity index (χ4n) is 0.612. The van der Waals surface area contributed by atoms with Gasteiger partial charge in [0.1, 0.15) is 0 Å². The molecule has 0 fully saturated rings. The quantitative estimate of drug-likeness (QED) is 0.542. The summed E-state index contributed by atoms with van der Waals surface area (Å²) in [4.78, 5) is 0. The van der Waals surface area contributed by atoms with Crippen LogP contribution in [0.5, 0.6) is 0 Å². The van der Waals surface area contributed by atoms with Crippen LogP contribution >= 0.6 is 0 Å². The fourth-order valence-corrected chi connectivity index (χ4v) is 0.612. The van der Waals surface area contributed by atoms with Crippen LogP contribution < -0.4 is 0 Å². The van der Waals surface area contributed by atoms with Crippen LogP contribution in [-0.2, 0) is 0 Å². The molecule has 0 aliphatic carbocycles. The monoisotopic (exact) mass is 148 g/mol. The number of hydrogen-bond acceptors (Lipinski definition) is 0. The molecule has 0 saturated carbocycles. The van der Waals surface area contributed by atoms with Crippen LogP contribution in [0.2, 0.25) is 0 Å². The van der Waals surface area contributed by atoms with Gasteiger partial charge < -0.3 is 0 Å². The average Bonchev–Trinajstić information content (AvgIpc) is 1.61. The molecule has 0 nitrogen and oxygen atoms in total. The third-order valence-corrected chi connectivity index (χ3v) is 1.14. The SMILES string of the molecule is C.C.C.CCCCC(C)C. The second-order valence-electron chi connectivity index (χ2n) is 2.54. The maximum atomic E-state index is 2.27. The highest BCUT2D eigenvalue weighted by Gasteiger charge is 1.88. The van der Waals surface area contributed by atoms with Crippen LogP contribution in [0.1, 0.15) is 62.3 Å². The van der Waals surface area contributed by atoms with E-state index in [9.17, 15) is 0 Å². The highest BCUT2D eigenvalue weighted by Crippen LogP contribution is 2.04. The predicted octanol–water partition coefficient (Wildman–Crippen LogP) is 4.74. The lowest BCUT2D eigenvalue weighted by atomic mass is 10.1. The molecular formula is C10H28. The van der Waals surface area contributed by atoms with Crippen molar-refractivity contribution in [2.24, 2.45) is 5.92 Å². The average molecular weight is 148 g/mol. The highest BCUT2D eigenvalue weighted by molar-refractivity contribution is 4.42. The Morgan fingerprint density at radius 1 is 1.00 bits per heavy atom. The van der Waals surface area contributed by atoms with E-state index in [-0.39, 0.29) is 22.3 Å². The first kappa shape index (κ1) is 22.5. The smallest absolute Gasteiger partial charge is 0.0471 e. The lowest BCUT2D eigenvalue weighted by Crippen LogP contribution is -1.83. The summed E-state index contributed by atoms with van der Waals surface area (Å²) in [5.41, 5.74) is 0. The summed E-state index contributed by atoms with van der Waals surface area (Å²) in [6.07, 6.45) is 4.15. The van der Waals surface area contributed by atoms with E-state index in [0.29, 0.717) is 0 Å². The maximum absolute atomic E-state index is 2.27. The summed E-state index contributed by atoms with van der Waals surface area (Å²) in [6.45, 7) is 6.79. The topological polar surface area (TPSA) is 0 Å². The molecule has 0 aliphatic rings. The molecule has 0 saturated heterocycles. The summed E-state index contributed by atoms with van der Waals surface area (Å²) in [7, 11) is 0. The molecule has 0 radical (unpaired) electrons. The molecule has 0 N–H and O–H groups in total. The summed E-state index contributed by atoms with van der Waals surface area (Å²) in [5.74, 6) is 0.903. The molecule has 0 amide bonds. The molecule has 0 unspecified atom stereocenters. The first-order valence-electron chi connectivity index (χ1n) is 3.27. The first-order valence-corrected chi connectivity index (χ1v) is 3.27. The van der Waals surface area contributed by atoms with Crippen molar-refractivity contribution in [1.29, 1.82) is 0 Å². The Kier molecular flexibility index (Phi) is 36.0. The van der Waals surface area contributed by atoms with Gasteiger partial charge in [0.05, 0.1) is 0 Å². The van der Waals surface area contributed by atoms with Crippen molar-refractivity contribution in [3.8, 4) is 0 Å². The third-order valence-electron chi connectivity index (χ3n) is 1.14. The summed E-state index contributed by atoms with van der Waals surface area (Å²) in [5, 5.41) is 0. The number of unbranched alkanes of at least 4 members (excludes halogenated alkanes) is 1. The van der Waals surface area contributed by atoms with E-state index in [2.05, 4.69) is 20.8 Å². The van der Waals surface area contributed by atoms with Crippen molar-refractivity contribution in [2.45, 2.75) is 62.3 Å². The molecule has 0 heterocycles. The van der Waals surface area contributed by atoms with Gasteiger partial charge >= 0.3 is 0 Å². The zero-order chi connectivity index (χ0) is 5.70. The van der Waals surface area contributed by atoms with E-state index in [1.54, 1.807) is 0 Å². The second-order valence-corrected chi connectivity index (χ2v) is 2.54. The second kappa shape index (κ2) is 16.0. The molecule has 0 atom stereocenters. The Balaban J connectivity index is -0.0000000600. The molecular weight excluding hydrogens is 120 g/mol. The minimum Gasteiger partial charge on any atom is -0.0776 e. The molecule has 0 heteroatoms. The van der Waals surface area contributed by atoms with Crippen LogP contribution in [0, 0.1) is 5.92 Å². The van der Waals surface area contributed by atoms with Crippen molar-refractivity contribution in [3.05, 3.63) is 0 Å². The number of hydrogen-bond donors (Lipinski definition) is 0. The third kappa shape index (κ3) is 24.5. The standard InChI is InChI=1S/C7H16.3CH4/c1-4-5-6-7(2)3;;;/h7H,4-6H2,1-3H3;3*1H4. The van der Waals surface area contributed by atoms with Gasteiger partial charge in [-0.05, 0) is 5.92 Å². The van der Waals surface area contributed by atoms with Gasteiger partial charge in [-0.2, -0.15) is 0 Å². The van der Waals surface area contributed by atoms with E-state index in [1.165, 1.54) is 19.3 Å². The molecule has 0 aromatic carbocycles. The molecule has 68 valence electrons. The minimum atomic E-state index is 0. The Hall–Kier alpha value is 0. The van der Waals surface area contributed by atoms with Crippen molar-refractivity contribution in [3.63, 3.8) is 0 Å². The zero-order valence-electron chi connectivity index (χ0n) is 5.70. The minimum absolute atomic E-state index is 0. The highest BCUT2D eigenvalue weighted by atomic mass is 13.9. The van der Waals surface area contributed by atoms with E-state index >= 15 is 0 Å². The van der Waals surface area contributed by atoms with E-state index in [0.717, 1.165) is 5.92 Å². The lowest BCUT2D eigenvalue weighted by molar-refractivity contribution is 0.550. The predicted molar refractivity (Wildman–Crippen MR) is 54.6 cm³/mol. The van der Waals surface area contributed by atoms with Gasteiger partial charge in [0.25, 0.3) is 0 Å². The summed E-state index contributed by atoms with van der Waals surface area (Å²) < 4.78 is 0. The molecule has 0 rings (SSSR count). The largest absolute Gasteiger partial charge is 0.0776 e. The molecule has 0 bridgehead atoms. The Bertz CT molecular complexity index is 29.0. The molecule has 0 aromatic rings. The van der Waals surface area contributed by atoms with Crippen molar-refractivity contribution in [1.82, 2.24) is 0 Å². The fraction of sp³-hybridized carbons (Fsp3) is 1.00. The molecule has 0 aliphatic heterocycles. The summed E-state index contributed by atoms with van der Waals surface area (Å²) >= 11 is 0. The Morgan fingerprint density at radius 2 is 1.40 bits per heavy atom. The first-order chi connectivity index (χ1) is 3.27. The van der Waals surface area contributed by atoms with E-state index in [4.69, 9.17) is 0 Å². The van der Waals surface area contributed by atoms with E-state index in [1.807, 2.05) is 0 Å². The Labute approximate surface area is 69.0 Å². The van der Waals surface area contributed by atoms with Crippen LogP contribution in [0.25, 0.3) is 0 Å². The van der Waals surface area contributed by atoms with Crippen LogP contribution in [0.3, 0.4) is 0 Å². The van der Waals surface area contributed by atoms with E-state index < -0.39 is 0 Å². The van der Waals surface area contributed by atoms with Crippen molar-refractivity contribution >= 4 is 0 Å².